The number of ether oxygens (including phenoxy) is 2. The number of methoxy groups -OCH3 is 2. The molecule has 0 bridgehead atoms. The van der Waals surface area contributed by atoms with Crippen LogP contribution in [-0.2, 0) is 14.3 Å². The summed E-state index contributed by atoms with van der Waals surface area (Å²) in [4.78, 5) is 15.9. The van der Waals surface area contributed by atoms with Crippen LogP contribution in [0.25, 0.3) is 0 Å². The molecule has 0 spiro atoms. The Labute approximate surface area is 124 Å². The van der Waals surface area contributed by atoms with Gasteiger partial charge in [0, 0.05) is 0 Å². The molecule has 0 aromatic heterocycles. The van der Waals surface area contributed by atoms with Crippen LogP contribution in [0.5, 0.6) is 0 Å². The van der Waals surface area contributed by atoms with Crippen molar-refractivity contribution in [1.29, 1.82) is 0 Å². The minimum Gasteiger partial charge on any atom is -0.468 e. The Kier molecular flexibility index (Phi) is 4.39. The molecular formula is C14H13F3N2O3. The second-order valence-corrected chi connectivity index (χ2v) is 4.49. The molecule has 0 aliphatic carbocycles. The number of allylic oxidation sites excluding steroid dienone is 1. The molecule has 1 N–H and O–H groups in total. The molecule has 1 atom stereocenters. The first-order valence-electron chi connectivity index (χ1n) is 6.21. The quantitative estimate of drug-likeness (QED) is 0.671. The molecule has 0 saturated carbocycles. The Bertz CT molecular complexity index is 663. The number of carbonyl (C=O) groups is 1. The largest absolute Gasteiger partial charge is 0.468 e. The summed E-state index contributed by atoms with van der Waals surface area (Å²) in [6.45, 7) is 1.52. The monoisotopic (exact) mass is 314 g/mol. The number of benzene rings is 1. The van der Waals surface area contributed by atoms with E-state index in [4.69, 9.17) is 4.74 Å². The summed E-state index contributed by atoms with van der Waals surface area (Å²) < 4.78 is 49.6. The number of carbonyl (C=O) groups excluding carboxylic acids is 1. The first-order valence-corrected chi connectivity index (χ1v) is 6.21. The number of hydrogen-bond donors (Lipinski definition) is 1. The SMILES string of the molecule is COC(=O)C1=C(C)N=C(OC)NC1c1cc(F)c(F)c(F)c1. The molecular weight excluding hydrogens is 301 g/mol. The van der Waals surface area contributed by atoms with Crippen molar-refractivity contribution in [2.75, 3.05) is 14.2 Å². The van der Waals surface area contributed by atoms with Crippen molar-refractivity contribution in [1.82, 2.24) is 5.32 Å². The molecule has 1 aliphatic rings. The maximum Gasteiger partial charge on any atom is 0.338 e. The van der Waals surface area contributed by atoms with Gasteiger partial charge in [-0.25, -0.2) is 23.0 Å². The van der Waals surface area contributed by atoms with E-state index in [1.807, 2.05) is 0 Å². The summed E-state index contributed by atoms with van der Waals surface area (Å²) in [5.74, 6) is -5.03. The van der Waals surface area contributed by atoms with E-state index < -0.39 is 29.5 Å². The topological polar surface area (TPSA) is 59.9 Å². The van der Waals surface area contributed by atoms with Crippen molar-refractivity contribution in [3.63, 3.8) is 0 Å². The van der Waals surface area contributed by atoms with E-state index in [2.05, 4.69) is 15.0 Å². The van der Waals surface area contributed by atoms with E-state index in [-0.39, 0.29) is 22.9 Å². The fourth-order valence-corrected chi connectivity index (χ4v) is 2.12. The van der Waals surface area contributed by atoms with Gasteiger partial charge in [0.2, 0.25) is 0 Å². The summed E-state index contributed by atoms with van der Waals surface area (Å²) >= 11 is 0. The fourth-order valence-electron chi connectivity index (χ4n) is 2.12. The Morgan fingerprint density at radius 3 is 2.32 bits per heavy atom. The van der Waals surface area contributed by atoms with Crippen LogP contribution < -0.4 is 5.32 Å². The molecule has 22 heavy (non-hydrogen) atoms. The van der Waals surface area contributed by atoms with Crippen molar-refractivity contribution >= 4 is 12.0 Å². The molecule has 1 aliphatic heterocycles. The Morgan fingerprint density at radius 1 is 1.23 bits per heavy atom. The molecule has 1 aromatic rings. The maximum absolute atomic E-state index is 13.4. The lowest BCUT2D eigenvalue weighted by Gasteiger charge is -2.26. The van der Waals surface area contributed by atoms with Crippen LogP contribution in [0.15, 0.2) is 28.4 Å². The number of halogens is 3. The lowest BCUT2D eigenvalue weighted by Crippen LogP contribution is -2.37. The second kappa shape index (κ2) is 6.08. The number of nitrogens with zero attached hydrogens (tertiary/aromatic N) is 1. The number of aliphatic imine (C=N–C) groups is 1. The van der Waals surface area contributed by atoms with E-state index in [1.54, 1.807) is 0 Å². The molecule has 0 amide bonds. The smallest absolute Gasteiger partial charge is 0.338 e. The van der Waals surface area contributed by atoms with Gasteiger partial charge in [0.05, 0.1) is 31.5 Å². The summed E-state index contributed by atoms with van der Waals surface area (Å²) in [6.07, 6.45) is 0. The van der Waals surface area contributed by atoms with Gasteiger partial charge in [0.1, 0.15) is 0 Å². The average Bonchev–Trinajstić information content (AvgIpc) is 2.50. The minimum absolute atomic E-state index is 0.000556. The lowest BCUT2D eigenvalue weighted by atomic mass is 9.96. The van der Waals surface area contributed by atoms with Gasteiger partial charge < -0.3 is 14.8 Å². The number of hydrogen-bond acceptors (Lipinski definition) is 5. The number of rotatable bonds is 2. The third-order valence-electron chi connectivity index (χ3n) is 3.15. The van der Waals surface area contributed by atoms with E-state index in [1.165, 1.54) is 21.1 Å². The number of nitrogens with one attached hydrogen (secondary N) is 1. The zero-order valence-corrected chi connectivity index (χ0v) is 12.0. The number of esters is 1. The van der Waals surface area contributed by atoms with Crippen LogP contribution >= 0.6 is 0 Å². The van der Waals surface area contributed by atoms with Gasteiger partial charge in [0.15, 0.2) is 17.5 Å². The van der Waals surface area contributed by atoms with Gasteiger partial charge in [-0.3, -0.25) is 0 Å². The highest BCUT2D eigenvalue weighted by Gasteiger charge is 2.32. The molecule has 0 radical (unpaired) electrons. The summed E-state index contributed by atoms with van der Waals surface area (Å²) in [7, 11) is 2.51. The molecule has 1 heterocycles. The molecule has 8 heteroatoms. The standard InChI is InChI=1S/C14H13F3N2O3/c1-6-10(13(20)21-2)12(19-14(18-6)22-3)7-4-8(15)11(17)9(16)5-7/h4-5,12H,1-3H3,(H,18,19). The predicted octanol–water partition coefficient (Wildman–Crippen LogP) is 2.20. The maximum atomic E-state index is 13.4. The Hall–Kier alpha value is -2.51. The van der Waals surface area contributed by atoms with Crippen molar-refractivity contribution in [3.05, 3.63) is 46.4 Å². The summed E-state index contributed by atoms with van der Waals surface area (Å²) in [5.41, 5.74) is 0.312. The molecule has 1 aromatic carbocycles. The Balaban J connectivity index is 2.57. The summed E-state index contributed by atoms with van der Waals surface area (Å²) in [5, 5.41) is 2.70. The second-order valence-electron chi connectivity index (χ2n) is 4.49. The normalized spacial score (nSPS) is 17.7. The molecule has 1 unspecified atom stereocenters. The summed E-state index contributed by atoms with van der Waals surface area (Å²) in [6, 6.07) is 0.667. The van der Waals surface area contributed by atoms with Gasteiger partial charge in [-0.1, -0.05) is 0 Å². The van der Waals surface area contributed by atoms with E-state index in [0.29, 0.717) is 0 Å². The van der Waals surface area contributed by atoms with Gasteiger partial charge in [-0.05, 0) is 24.6 Å². The van der Waals surface area contributed by atoms with Crippen molar-refractivity contribution in [3.8, 4) is 0 Å². The first kappa shape index (κ1) is 15.9. The molecule has 5 nitrogen and oxygen atoms in total. The van der Waals surface area contributed by atoms with E-state index in [0.717, 1.165) is 12.1 Å². The van der Waals surface area contributed by atoms with Crippen LogP contribution in [0.1, 0.15) is 18.5 Å². The molecule has 0 saturated heterocycles. The Morgan fingerprint density at radius 2 is 1.82 bits per heavy atom. The highest BCUT2D eigenvalue weighted by molar-refractivity contribution is 5.94. The minimum atomic E-state index is -1.58. The van der Waals surface area contributed by atoms with Crippen LogP contribution in [0, 0.1) is 17.5 Å². The van der Waals surface area contributed by atoms with Gasteiger partial charge in [-0.15, -0.1) is 0 Å². The lowest BCUT2D eigenvalue weighted by molar-refractivity contribution is -0.136. The van der Waals surface area contributed by atoms with Crippen LogP contribution in [0.2, 0.25) is 0 Å². The highest BCUT2D eigenvalue weighted by Crippen LogP contribution is 2.30. The van der Waals surface area contributed by atoms with Crippen molar-refractivity contribution in [2.45, 2.75) is 13.0 Å². The molecule has 2 rings (SSSR count). The van der Waals surface area contributed by atoms with Crippen LogP contribution in [0.4, 0.5) is 13.2 Å². The van der Waals surface area contributed by atoms with Gasteiger partial charge >= 0.3 is 5.97 Å². The van der Waals surface area contributed by atoms with Gasteiger partial charge in [0.25, 0.3) is 6.02 Å². The molecule has 0 fully saturated rings. The van der Waals surface area contributed by atoms with Gasteiger partial charge in [-0.2, -0.15) is 0 Å². The third-order valence-corrected chi connectivity index (χ3v) is 3.15. The van der Waals surface area contributed by atoms with E-state index in [9.17, 15) is 18.0 Å². The van der Waals surface area contributed by atoms with Crippen molar-refractivity contribution in [2.24, 2.45) is 4.99 Å². The zero-order valence-electron chi connectivity index (χ0n) is 12.0. The fraction of sp³-hybridized carbons (Fsp3) is 0.286. The number of amidine groups is 1. The molecule has 118 valence electrons. The zero-order chi connectivity index (χ0) is 16.4. The first-order chi connectivity index (χ1) is 10.4. The van der Waals surface area contributed by atoms with Crippen molar-refractivity contribution < 1.29 is 27.4 Å². The third kappa shape index (κ3) is 2.76. The highest BCUT2D eigenvalue weighted by atomic mass is 19.2. The van der Waals surface area contributed by atoms with Crippen LogP contribution in [-0.4, -0.2) is 26.2 Å². The average molecular weight is 314 g/mol. The van der Waals surface area contributed by atoms with E-state index >= 15 is 0 Å². The van der Waals surface area contributed by atoms with Crippen LogP contribution in [0.3, 0.4) is 0 Å². The predicted molar refractivity (Wildman–Crippen MR) is 71.4 cm³/mol.